The van der Waals surface area contributed by atoms with Gasteiger partial charge >= 0.3 is 0 Å². The maximum absolute atomic E-state index is 12.1. The number of carbonyl (C=O) groups is 1. The van der Waals surface area contributed by atoms with Crippen LogP contribution in [0.4, 0.5) is 5.82 Å². The van der Waals surface area contributed by atoms with Crippen LogP contribution in [0.15, 0.2) is 34.7 Å². The van der Waals surface area contributed by atoms with Gasteiger partial charge in [-0.05, 0) is 24.3 Å². The first-order chi connectivity index (χ1) is 10.2. The van der Waals surface area contributed by atoms with Crippen molar-refractivity contribution in [3.05, 3.63) is 45.1 Å². The molecule has 2 aromatic rings. The first kappa shape index (κ1) is 13.8. The van der Waals surface area contributed by atoms with Gasteiger partial charge < -0.3 is 15.2 Å². The number of aromatic amines is 1. The van der Waals surface area contributed by atoms with E-state index in [9.17, 15) is 9.59 Å². The Bertz CT molecular complexity index is 668. The number of piperidine rings is 1. The molecule has 1 saturated heterocycles. The lowest BCUT2D eigenvalue weighted by atomic mass is 10.1. The normalized spacial score (nSPS) is 18.5. The largest absolute Gasteiger partial charge is 0.350 e. The minimum atomic E-state index is -0.192. The molecule has 0 aliphatic carbocycles. The van der Waals surface area contributed by atoms with Gasteiger partial charge in [0.05, 0.1) is 4.88 Å². The molecule has 1 fully saturated rings. The van der Waals surface area contributed by atoms with Gasteiger partial charge in [-0.2, -0.15) is 0 Å². The molecule has 1 aliphatic rings. The Balaban J connectivity index is 1.68. The molecule has 1 unspecified atom stereocenters. The zero-order valence-corrected chi connectivity index (χ0v) is 12.2. The highest BCUT2D eigenvalue weighted by Gasteiger charge is 2.24. The number of nitrogens with one attached hydrogen (secondary N) is 2. The van der Waals surface area contributed by atoms with Crippen molar-refractivity contribution >= 4 is 23.1 Å². The molecule has 0 radical (unpaired) electrons. The molecule has 21 heavy (non-hydrogen) atoms. The van der Waals surface area contributed by atoms with Crippen molar-refractivity contribution in [3.8, 4) is 0 Å². The number of hydrogen-bond donors (Lipinski definition) is 2. The van der Waals surface area contributed by atoms with E-state index < -0.39 is 0 Å². The molecule has 0 spiro atoms. The molecular weight excluding hydrogens is 288 g/mol. The maximum atomic E-state index is 12.1. The lowest BCUT2D eigenvalue weighted by Crippen LogP contribution is -2.49. The Morgan fingerprint density at radius 2 is 2.43 bits per heavy atom. The second-order valence-corrected chi connectivity index (χ2v) is 5.93. The van der Waals surface area contributed by atoms with E-state index in [1.807, 2.05) is 22.4 Å². The summed E-state index contributed by atoms with van der Waals surface area (Å²) in [6.45, 7) is 1.39. The molecule has 3 heterocycles. The lowest BCUT2D eigenvalue weighted by Gasteiger charge is -2.33. The van der Waals surface area contributed by atoms with Crippen LogP contribution in [0.2, 0.25) is 0 Å². The lowest BCUT2D eigenvalue weighted by molar-refractivity contribution is 0.0937. The van der Waals surface area contributed by atoms with Crippen LogP contribution in [0.3, 0.4) is 0 Å². The average molecular weight is 304 g/mol. The third kappa shape index (κ3) is 3.13. The van der Waals surface area contributed by atoms with Gasteiger partial charge in [0.15, 0.2) is 5.82 Å². The van der Waals surface area contributed by atoms with Crippen LogP contribution in [0.5, 0.6) is 0 Å². The van der Waals surface area contributed by atoms with E-state index in [0.717, 1.165) is 19.4 Å². The number of thiophene rings is 1. The highest BCUT2D eigenvalue weighted by molar-refractivity contribution is 7.12. The van der Waals surface area contributed by atoms with Crippen LogP contribution in [0.1, 0.15) is 22.5 Å². The van der Waals surface area contributed by atoms with Gasteiger partial charge in [-0.1, -0.05) is 6.07 Å². The summed E-state index contributed by atoms with van der Waals surface area (Å²) < 4.78 is 0. The topological polar surface area (TPSA) is 78.1 Å². The van der Waals surface area contributed by atoms with Crippen molar-refractivity contribution in [1.29, 1.82) is 0 Å². The monoisotopic (exact) mass is 304 g/mol. The SMILES string of the molecule is O=C(NC1CCCN(c2ncc[nH]c2=O)C1)c1cccs1. The Kier molecular flexibility index (Phi) is 4.01. The predicted octanol–water partition coefficient (Wildman–Crippen LogP) is 1.23. The van der Waals surface area contributed by atoms with Gasteiger partial charge in [0.2, 0.25) is 0 Å². The molecular formula is C14H16N4O2S. The molecule has 6 nitrogen and oxygen atoms in total. The summed E-state index contributed by atoms with van der Waals surface area (Å²) in [4.78, 5) is 33.3. The van der Waals surface area contributed by atoms with Crippen molar-refractivity contribution in [1.82, 2.24) is 15.3 Å². The molecule has 2 N–H and O–H groups in total. The molecule has 7 heteroatoms. The number of amides is 1. The molecule has 0 saturated carbocycles. The van der Waals surface area contributed by atoms with E-state index in [1.54, 1.807) is 6.20 Å². The smallest absolute Gasteiger partial charge is 0.290 e. The fourth-order valence-corrected chi connectivity index (χ4v) is 3.15. The van der Waals surface area contributed by atoms with E-state index in [0.29, 0.717) is 17.2 Å². The summed E-state index contributed by atoms with van der Waals surface area (Å²) >= 11 is 1.43. The first-order valence-corrected chi connectivity index (χ1v) is 7.75. The number of hydrogen-bond acceptors (Lipinski definition) is 5. The number of aromatic nitrogens is 2. The summed E-state index contributed by atoms with van der Waals surface area (Å²) in [5.41, 5.74) is -0.192. The fraction of sp³-hybridized carbons (Fsp3) is 0.357. The summed E-state index contributed by atoms with van der Waals surface area (Å²) in [5.74, 6) is 0.374. The predicted molar refractivity (Wildman–Crippen MR) is 81.9 cm³/mol. The highest BCUT2D eigenvalue weighted by Crippen LogP contribution is 2.15. The minimum Gasteiger partial charge on any atom is -0.350 e. The van der Waals surface area contributed by atoms with Crippen LogP contribution >= 0.6 is 11.3 Å². The van der Waals surface area contributed by atoms with E-state index >= 15 is 0 Å². The van der Waals surface area contributed by atoms with E-state index in [4.69, 9.17) is 0 Å². The van der Waals surface area contributed by atoms with Gasteiger partial charge in [-0.3, -0.25) is 9.59 Å². The van der Waals surface area contributed by atoms with Crippen LogP contribution < -0.4 is 15.8 Å². The van der Waals surface area contributed by atoms with Crippen molar-refractivity contribution < 1.29 is 4.79 Å². The van der Waals surface area contributed by atoms with E-state index in [2.05, 4.69) is 15.3 Å². The van der Waals surface area contributed by atoms with Gasteiger partial charge in [-0.15, -0.1) is 11.3 Å². The van der Waals surface area contributed by atoms with Crippen LogP contribution in [0.25, 0.3) is 0 Å². The van der Waals surface area contributed by atoms with Crippen LogP contribution in [0, 0.1) is 0 Å². The zero-order chi connectivity index (χ0) is 14.7. The van der Waals surface area contributed by atoms with Gasteiger partial charge in [0.25, 0.3) is 11.5 Å². The standard InChI is InChI=1S/C14H16N4O2S/c19-13(11-4-2-8-21-11)17-10-3-1-7-18(9-10)12-14(20)16-6-5-15-12/h2,4-6,8,10H,1,3,7,9H2,(H,16,20)(H,17,19). The zero-order valence-electron chi connectivity index (χ0n) is 11.4. The van der Waals surface area contributed by atoms with E-state index in [-0.39, 0.29) is 17.5 Å². The second kappa shape index (κ2) is 6.09. The fourth-order valence-electron chi connectivity index (χ4n) is 2.52. The molecule has 1 aliphatic heterocycles. The maximum Gasteiger partial charge on any atom is 0.290 e. The van der Waals surface area contributed by atoms with Gasteiger partial charge in [0, 0.05) is 31.5 Å². The molecule has 0 aromatic carbocycles. The number of anilines is 1. The number of carbonyl (C=O) groups excluding carboxylic acids is 1. The third-order valence-electron chi connectivity index (χ3n) is 3.49. The minimum absolute atomic E-state index is 0.0368. The van der Waals surface area contributed by atoms with Crippen LogP contribution in [-0.2, 0) is 0 Å². The molecule has 1 amide bonds. The third-order valence-corrected chi connectivity index (χ3v) is 4.36. The molecule has 110 valence electrons. The van der Waals surface area contributed by atoms with Crippen LogP contribution in [-0.4, -0.2) is 35.0 Å². The average Bonchev–Trinajstić information content (AvgIpc) is 3.02. The van der Waals surface area contributed by atoms with Crippen molar-refractivity contribution in [3.63, 3.8) is 0 Å². The highest BCUT2D eigenvalue weighted by atomic mass is 32.1. The van der Waals surface area contributed by atoms with Crippen molar-refractivity contribution in [2.45, 2.75) is 18.9 Å². The quantitative estimate of drug-likeness (QED) is 0.894. The number of H-pyrrole nitrogens is 1. The van der Waals surface area contributed by atoms with E-state index in [1.165, 1.54) is 17.5 Å². The van der Waals surface area contributed by atoms with Crippen molar-refractivity contribution in [2.75, 3.05) is 18.0 Å². The number of rotatable bonds is 3. The van der Waals surface area contributed by atoms with Gasteiger partial charge in [0.1, 0.15) is 0 Å². The Morgan fingerprint density at radius 3 is 3.19 bits per heavy atom. The van der Waals surface area contributed by atoms with Crippen molar-refractivity contribution in [2.24, 2.45) is 0 Å². The second-order valence-electron chi connectivity index (χ2n) is 4.98. The molecule has 3 rings (SSSR count). The molecule has 1 atom stereocenters. The molecule has 0 bridgehead atoms. The summed E-state index contributed by atoms with van der Waals surface area (Å²) in [5, 5.41) is 4.91. The molecule has 2 aromatic heterocycles. The summed E-state index contributed by atoms with van der Waals surface area (Å²) in [6.07, 6.45) is 4.93. The Morgan fingerprint density at radius 1 is 1.52 bits per heavy atom. The summed E-state index contributed by atoms with van der Waals surface area (Å²) in [6, 6.07) is 3.71. The first-order valence-electron chi connectivity index (χ1n) is 6.87. The van der Waals surface area contributed by atoms with Gasteiger partial charge in [-0.25, -0.2) is 4.98 Å². The Labute approximate surface area is 125 Å². The number of nitrogens with zero attached hydrogens (tertiary/aromatic N) is 2. The summed E-state index contributed by atoms with van der Waals surface area (Å²) in [7, 11) is 0. The Hall–Kier alpha value is -2.15.